The van der Waals surface area contributed by atoms with Crippen LogP contribution in [0.4, 0.5) is 0 Å². The highest BCUT2D eigenvalue weighted by atomic mass is 16.5. The normalized spacial score (nSPS) is 14.2. The highest BCUT2D eigenvalue weighted by molar-refractivity contribution is 5.43. The first-order valence-corrected chi connectivity index (χ1v) is 7.42. The molecule has 3 nitrogen and oxygen atoms in total. The average Bonchev–Trinajstić information content (AvgIpc) is 2.45. The third-order valence-electron chi connectivity index (χ3n) is 3.81. The predicted molar refractivity (Wildman–Crippen MR) is 84.8 cm³/mol. The number of ether oxygens (including phenoxy) is 2. The maximum Gasteiger partial charge on any atom is 0.160 e. The fourth-order valence-corrected chi connectivity index (χ4v) is 2.24. The summed E-state index contributed by atoms with van der Waals surface area (Å²) < 4.78 is 10.7. The van der Waals surface area contributed by atoms with Gasteiger partial charge in [-0.3, -0.25) is 0 Å². The van der Waals surface area contributed by atoms with Gasteiger partial charge in [-0.2, -0.15) is 0 Å². The molecule has 0 spiro atoms. The molecule has 0 fully saturated rings. The number of hydrogen-bond donors (Lipinski definition) is 1. The van der Waals surface area contributed by atoms with Crippen molar-refractivity contribution >= 4 is 0 Å². The molecular weight excluding hydrogens is 250 g/mol. The molecule has 2 unspecified atom stereocenters. The largest absolute Gasteiger partial charge is 0.493 e. The van der Waals surface area contributed by atoms with Gasteiger partial charge in [-0.15, -0.1) is 0 Å². The first-order chi connectivity index (χ1) is 9.49. The van der Waals surface area contributed by atoms with Crippen molar-refractivity contribution in [1.82, 2.24) is 5.32 Å². The van der Waals surface area contributed by atoms with Crippen LogP contribution in [0.2, 0.25) is 0 Å². The second kappa shape index (κ2) is 8.15. The van der Waals surface area contributed by atoms with E-state index in [1.165, 1.54) is 5.56 Å². The summed E-state index contributed by atoms with van der Waals surface area (Å²) in [6, 6.07) is 6.20. The zero-order chi connectivity index (χ0) is 15.1. The predicted octanol–water partition coefficient (Wildman–Crippen LogP) is 3.69. The molecule has 0 bridgehead atoms. The van der Waals surface area contributed by atoms with Gasteiger partial charge < -0.3 is 14.8 Å². The van der Waals surface area contributed by atoms with Crippen molar-refractivity contribution in [3.8, 4) is 11.5 Å². The lowest BCUT2D eigenvalue weighted by Gasteiger charge is -2.22. The summed E-state index contributed by atoms with van der Waals surface area (Å²) in [6.45, 7) is 11.1. The summed E-state index contributed by atoms with van der Waals surface area (Å²) in [7, 11) is 3.35. The monoisotopic (exact) mass is 279 g/mol. The Labute approximate surface area is 123 Å². The molecule has 1 N–H and O–H groups in total. The quantitative estimate of drug-likeness (QED) is 0.787. The van der Waals surface area contributed by atoms with Crippen molar-refractivity contribution in [2.24, 2.45) is 11.8 Å². The smallest absolute Gasteiger partial charge is 0.160 e. The molecule has 114 valence electrons. The summed E-state index contributed by atoms with van der Waals surface area (Å²) in [5.74, 6) is 3.34. The van der Waals surface area contributed by atoms with Crippen LogP contribution in [0.1, 0.15) is 39.2 Å². The SMILES string of the molecule is COc1ccc(C(C)C(C)CNCC(C)C)cc1OC. The van der Waals surface area contributed by atoms with Crippen LogP contribution >= 0.6 is 0 Å². The number of hydrogen-bond acceptors (Lipinski definition) is 3. The van der Waals surface area contributed by atoms with Gasteiger partial charge in [-0.1, -0.05) is 33.8 Å². The van der Waals surface area contributed by atoms with Crippen molar-refractivity contribution in [1.29, 1.82) is 0 Å². The second-order valence-electron chi connectivity index (χ2n) is 5.93. The fourth-order valence-electron chi connectivity index (χ4n) is 2.24. The Kier molecular flexibility index (Phi) is 6.86. The van der Waals surface area contributed by atoms with E-state index in [1.54, 1.807) is 14.2 Å². The van der Waals surface area contributed by atoms with Gasteiger partial charge in [0.1, 0.15) is 0 Å². The summed E-state index contributed by atoms with van der Waals surface area (Å²) in [4.78, 5) is 0. The lowest BCUT2D eigenvalue weighted by Crippen LogP contribution is -2.27. The van der Waals surface area contributed by atoms with Gasteiger partial charge in [-0.05, 0) is 48.5 Å². The molecule has 0 aliphatic carbocycles. The summed E-state index contributed by atoms with van der Waals surface area (Å²) in [5, 5.41) is 3.53. The minimum atomic E-state index is 0.481. The van der Waals surface area contributed by atoms with Crippen LogP contribution in [0.5, 0.6) is 11.5 Å². The number of benzene rings is 1. The van der Waals surface area contributed by atoms with Crippen LogP contribution < -0.4 is 14.8 Å². The van der Waals surface area contributed by atoms with Crippen molar-refractivity contribution in [3.63, 3.8) is 0 Å². The molecule has 2 atom stereocenters. The highest BCUT2D eigenvalue weighted by Gasteiger charge is 2.16. The van der Waals surface area contributed by atoms with E-state index in [4.69, 9.17) is 9.47 Å². The third-order valence-corrected chi connectivity index (χ3v) is 3.81. The molecule has 1 aromatic carbocycles. The van der Waals surface area contributed by atoms with E-state index in [1.807, 2.05) is 6.07 Å². The topological polar surface area (TPSA) is 30.5 Å². The van der Waals surface area contributed by atoms with E-state index in [-0.39, 0.29) is 0 Å². The van der Waals surface area contributed by atoms with Gasteiger partial charge in [0.2, 0.25) is 0 Å². The van der Waals surface area contributed by atoms with E-state index >= 15 is 0 Å². The Hall–Kier alpha value is -1.22. The third kappa shape index (κ3) is 4.71. The fraction of sp³-hybridized carbons (Fsp3) is 0.647. The van der Waals surface area contributed by atoms with Crippen LogP contribution in [0.15, 0.2) is 18.2 Å². The maximum absolute atomic E-state index is 5.38. The number of nitrogens with one attached hydrogen (secondary N) is 1. The first-order valence-electron chi connectivity index (χ1n) is 7.42. The minimum absolute atomic E-state index is 0.481. The molecule has 0 aliphatic rings. The second-order valence-corrected chi connectivity index (χ2v) is 5.93. The zero-order valence-electron chi connectivity index (χ0n) is 13.7. The minimum Gasteiger partial charge on any atom is -0.493 e. The van der Waals surface area contributed by atoms with Gasteiger partial charge in [0.05, 0.1) is 14.2 Å². The summed E-state index contributed by atoms with van der Waals surface area (Å²) in [5.41, 5.74) is 1.29. The Bertz CT molecular complexity index is 404. The molecule has 1 rings (SSSR count). The molecule has 0 saturated carbocycles. The maximum atomic E-state index is 5.38. The zero-order valence-corrected chi connectivity index (χ0v) is 13.7. The molecule has 1 aromatic rings. The lowest BCUT2D eigenvalue weighted by atomic mass is 9.88. The van der Waals surface area contributed by atoms with E-state index in [9.17, 15) is 0 Å². The first kappa shape index (κ1) is 16.8. The average molecular weight is 279 g/mol. The van der Waals surface area contributed by atoms with E-state index in [0.29, 0.717) is 17.8 Å². The standard InChI is InChI=1S/C17H29NO2/c1-12(2)10-18-11-13(3)14(4)15-7-8-16(19-5)17(9-15)20-6/h7-9,12-14,18H,10-11H2,1-6H3. The van der Waals surface area contributed by atoms with E-state index in [2.05, 4.69) is 45.1 Å². The molecule has 0 saturated heterocycles. The van der Waals surface area contributed by atoms with Gasteiger partial charge >= 0.3 is 0 Å². The molecule has 3 heteroatoms. The highest BCUT2D eigenvalue weighted by Crippen LogP contribution is 2.32. The van der Waals surface area contributed by atoms with Crippen LogP contribution in [0.3, 0.4) is 0 Å². The Balaban J connectivity index is 2.68. The van der Waals surface area contributed by atoms with Crippen molar-refractivity contribution in [2.45, 2.75) is 33.6 Å². The van der Waals surface area contributed by atoms with Crippen LogP contribution in [-0.2, 0) is 0 Å². The van der Waals surface area contributed by atoms with E-state index in [0.717, 1.165) is 24.6 Å². The van der Waals surface area contributed by atoms with Crippen molar-refractivity contribution < 1.29 is 9.47 Å². The number of methoxy groups -OCH3 is 2. The molecular formula is C17H29NO2. The molecule has 0 heterocycles. The van der Waals surface area contributed by atoms with E-state index < -0.39 is 0 Å². The van der Waals surface area contributed by atoms with Crippen LogP contribution in [0.25, 0.3) is 0 Å². The Morgan fingerprint density at radius 1 is 0.950 bits per heavy atom. The summed E-state index contributed by atoms with van der Waals surface area (Å²) in [6.07, 6.45) is 0. The van der Waals surface area contributed by atoms with Gasteiger partial charge in [0.15, 0.2) is 11.5 Å². The van der Waals surface area contributed by atoms with Gasteiger partial charge in [0.25, 0.3) is 0 Å². The Morgan fingerprint density at radius 2 is 1.60 bits per heavy atom. The van der Waals surface area contributed by atoms with Crippen molar-refractivity contribution in [3.05, 3.63) is 23.8 Å². The molecule has 0 aliphatic heterocycles. The molecule has 0 amide bonds. The molecule has 20 heavy (non-hydrogen) atoms. The summed E-state index contributed by atoms with van der Waals surface area (Å²) >= 11 is 0. The van der Waals surface area contributed by atoms with Crippen LogP contribution in [-0.4, -0.2) is 27.3 Å². The van der Waals surface area contributed by atoms with Crippen molar-refractivity contribution in [2.75, 3.05) is 27.3 Å². The molecule has 0 aromatic heterocycles. The lowest BCUT2D eigenvalue weighted by molar-refractivity contribution is 0.353. The molecule has 0 radical (unpaired) electrons. The van der Waals surface area contributed by atoms with Crippen LogP contribution in [0, 0.1) is 11.8 Å². The van der Waals surface area contributed by atoms with Gasteiger partial charge in [-0.25, -0.2) is 0 Å². The Morgan fingerprint density at radius 3 is 2.15 bits per heavy atom. The number of rotatable bonds is 8. The van der Waals surface area contributed by atoms with Gasteiger partial charge in [0, 0.05) is 0 Å².